The lowest BCUT2D eigenvalue weighted by Gasteiger charge is -2.15. The van der Waals surface area contributed by atoms with Crippen molar-refractivity contribution in [3.05, 3.63) is 122 Å². The van der Waals surface area contributed by atoms with Gasteiger partial charge in [-0.3, -0.25) is 9.44 Å². The largest absolute Gasteiger partial charge is 0.505 e. The predicted octanol–water partition coefficient (Wildman–Crippen LogP) is 8.89. The van der Waals surface area contributed by atoms with Gasteiger partial charge in [-0.2, -0.15) is 0 Å². The molecule has 4 N–H and O–H groups in total. The molecular formula is C36H22Cl2F2N2O10S4. The summed E-state index contributed by atoms with van der Waals surface area (Å²) in [6.45, 7) is 0.526. The average molecular weight is 880 g/mol. The Morgan fingerprint density at radius 3 is 2.09 bits per heavy atom. The van der Waals surface area contributed by atoms with Crippen molar-refractivity contribution in [3.63, 3.8) is 0 Å². The molecule has 4 aromatic carbocycles. The monoisotopic (exact) mass is 878 g/mol. The maximum Gasteiger partial charge on any atom is 0.347 e. The number of carboxylic acids is 1. The Morgan fingerprint density at radius 1 is 0.768 bits per heavy atom. The van der Waals surface area contributed by atoms with Crippen LogP contribution in [0.3, 0.4) is 0 Å². The van der Waals surface area contributed by atoms with E-state index in [4.69, 9.17) is 32.7 Å². The number of carboxylic acid groups (broad SMARTS) is 1. The van der Waals surface area contributed by atoms with Crippen LogP contribution in [0.25, 0.3) is 22.3 Å². The first-order valence-corrected chi connectivity index (χ1v) is 21.1. The molecule has 3 heterocycles. The third kappa shape index (κ3) is 7.63. The molecule has 0 saturated heterocycles. The van der Waals surface area contributed by atoms with Gasteiger partial charge in [0.15, 0.2) is 11.5 Å². The number of fused-ring (bicyclic) bond motifs is 1. The van der Waals surface area contributed by atoms with Crippen LogP contribution >= 0.6 is 45.9 Å². The summed E-state index contributed by atoms with van der Waals surface area (Å²) >= 11 is 13.9. The van der Waals surface area contributed by atoms with Crippen molar-refractivity contribution in [2.75, 3.05) is 16.1 Å². The lowest BCUT2D eigenvalue weighted by molar-refractivity contribution is 0.0681. The van der Waals surface area contributed by atoms with Gasteiger partial charge in [-0.25, -0.2) is 35.2 Å². The molecule has 0 fully saturated rings. The van der Waals surface area contributed by atoms with Crippen molar-refractivity contribution >= 4 is 89.2 Å². The second-order valence-corrected chi connectivity index (χ2v) is 19.0. The number of anilines is 2. The minimum absolute atomic E-state index is 0.136. The summed E-state index contributed by atoms with van der Waals surface area (Å²) in [5.41, 5.74) is -0.697. The number of nitrogens with one attached hydrogen (secondary N) is 2. The predicted molar refractivity (Wildman–Crippen MR) is 207 cm³/mol. The number of para-hydroxylation sites is 2. The summed E-state index contributed by atoms with van der Waals surface area (Å²) < 4.78 is 96.8. The SMILES string of the molecule is O=C(Oc1c(NS(=O)(=O)c2cc(-c3cc(F)ccc3F)c(Cl)s2)cccc1C(=O)O)c1cccc(NS(=O)(=O)c2cc(-c3ccc4c(c3)CCO4)c(Cl)s2)c1O. The zero-order valence-electron chi connectivity index (χ0n) is 27.8. The zero-order chi connectivity index (χ0) is 40.1. The molecule has 1 aliphatic heterocycles. The number of hydrogen-bond donors (Lipinski definition) is 4. The topological polar surface area (TPSA) is 185 Å². The Kier molecular flexibility index (Phi) is 10.5. The number of ether oxygens (including phenoxy) is 2. The fourth-order valence-corrected chi connectivity index (χ4v) is 11.3. The molecule has 0 spiro atoms. The molecule has 0 unspecified atom stereocenters. The van der Waals surface area contributed by atoms with E-state index in [-0.39, 0.29) is 24.0 Å². The molecular weight excluding hydrogens is 858 g/mol. The van der Waals surface area contributed by atoms with E-state index >= 15 is 0 Å². The molecule has 0 bridgehead atoms. The maximum absolute atomic E-state index is 14.5. The molecule has 7 rings (SSSR count). The highest BCUT2D eigenvalue weighted by atomic mass is 35.5. The second-order valence-electron chi connectivity index (χ2n) is 11.8. The average Bonchev–Trinajstić information content (AvgIpc) is 3.89. The number of aromatic carboxylic acids is 1. The van der Waals surface area contributed by atoms with Crippen molar-refractivity contribution in [1.82, 2.24) is 0 Å². The number of sulfonamides is 2. The Bertz CT molecular complexity index is 2830. The second kappa shape index (κ2) is 15.0. The van der Waals surface area contributed by atoms with Gasteiger partial charge in [-0.15, -0.1) is 22.7 Å². The van der Waals surface area contributed by atoms with E-state index in [1.54, 1.807) is 12.1 Å². The number of benzene rings is 4. The van der Waals surface area contributed by atoms with Crippen molar-refractivity contribution in [2.45, 2.75) is 14.8 Å². The normalized spacial score (nSPS) is 12.5. The van der Waals surface area contributed by atoms with Crippen LogP contribution in [0, 0.1) is 11.6 Å². The molecule has 0 atom stereocenters. The van der Waals surface area contributed by atoms with E-state index < -0.39 is 81.8 Å². The highest BCUT2D eigenvalue weighted by Crippen LogP contribution is 2.43. The van der Waals surface area contributed by atoms with Gasteiger partial charge in [0.25, 0.3) is 20.0 Å². The minimum atomic E-state index is -4.65. The van der Waals surface area contributed by atoms with Gasteiger partial charge >= 0.3 is 11.9 Å². The van der Waals surface area contributed by atoms with Crippen LogP contribution in [0.5, 0.6) is 17.2 Å². The van der Waals surface area contributed by atoms with Crippen LogP contribution in [0.1, 0.15) is 26.3 Å². The van der Waals surface area contributed by atoms with E-state index in [1.807, 2.05) is 6.07 Å². The fourth-order valence-electron chi connectivity index (χ4n) is 5.62. The van der Waals surface area contributed by atoms with Crippen LogP contribution in [0.4, 0.5) is 20.2 Å². The molecule has 12 nitrogen and oxygen atoms in total. The molecule has 6 aromatic rings. The molecule has 20 heteroatoms. The molecule has 288 valence electrons. The van der Waals surface area contributed by atoms with Gasteiger partial charge in [0.05, 0.1) is 18.0 Å². The standard InChI is InChI=1S/C36H22Cl2F2N2O10S4/c37-33-22(17-7-10-28-18(13-17)11-12-51-28)15-29(53-33)55(47,48)41-26-5-1-3-20(31(26)43)36(46)52-32-21(35(44)45)4-2-6-27(32)42-56(49,50)30-16-24(34(38)54-30)23-14-19(39)8-9-25(23)40/h1-10,13-16,41-43H,11-12H2,(H,44,45). The van der Waals surface area contributed by atoms with E-state index in [9.17, 15) is 45.4 Å². The summed E-state index contributed by atoms with van der Waals surface area (Å²) in [6.07, 6.45) is 0.683. The smallest absolute Gasteiger partial charge is 0.347 e. The van der Waals surface area contributed by atoms with Gasteiger partial charge in [0.1, 0.15) is 45.6 Å². The van der Waals surface area contributed by atoms with Gasteiger partial charge < -0.3 is 19.7 Å². The third-order valence-corrected chi connectivity index (χ3v) is 14.7. The van der Waals surface area contributed by atoms with Gasteiger partial charge in [-0.1, -0.05) is 41.4 Å². The van der Waals surface area contributed by atoms with Crippen LogP contribution in [0.2, 0.25) is 8.67 Å². The van der Waals surface area contributed by atoms with Crippen molar-refractivity contribution in [3.8, 4) is 39.5 Å². The summed E-state index contributed by atoms with van der Waals surface area (Å²) in [5, 5.41) is 20.9. The van der Waals surface area contributed by atoms with E-state index in [2.05, 4.69) is 9.44 Å². The Hall–Kier alpha value is -5.24. The number of rotatable bonds is 11. The number of thiophene rings is 2. The summed E-state index contributed by atoms with van der Waals surface area (Å²) in [6, 6.07) is 16.9. The number of esters is 1. The molecule has 1 aliphatic rings. The van der Waals surface area contributed by atoms with Crippen LogP contribution in [-0.4, -0.2) is 45.6 Å². The number of phenolic OH excluding ortho intramolecular Hbond substituents is 1. The molecule has 2 aromatic heterocycles. The van der Waals surface area contributed by atoms with E-state index in [0.29, 0.717) is 35.5 Å². The number of hydrogen-bond acceptors (Lipinski definition) is 11. The molecule has 0 saturated carbocycles. The third-order valence-electron chi connectivity index (χ3n) is 8.26. The van der Waals surface area contributed by atoms with Crippen LogP contribution in [0.15, 0.2) is 93.3 Å². The summed E-state index contributed by atoms with van der Waals surface area (Å²) in [7, 11) is -9.06. The highest BCUT2D eigenvalue weighted by molar-refractivity contribution is 7.95. The van der Waals surface area contributed by atoms with E-state index in [1.165, 1.54) is 12.1 Å². The first kappa shape index (κ1) is 39.0. The Balaban J connectivity index is 1.15. The number of aromatic hydroxyl groups is 1. The summed E-state index contributed by atoms with van der Waals surface area (Å²) in [4.78, 5) is 25.7. The first-order chi connectivity index (χ1) is 26.5. The van der Waals surface area contributed by atoms with Gasteiger partial charge in [-0.05, 0) is 77.9 Å². The number of carbonyl (C=O) groups excluding carboxylic acids is 1. The Morgan fingerprint density at radius 2 is 1.39 bits per heavy atom. The molecule has 0 aliphatic carbocycles. The lowest BCUT2D eigenvalue weighted by atomic mass is 10.0. The van der Waals surface area contributed by atoms with Gasteiger partial charge in [0, 0.05) is 23.1 Å². The molecule has 0 radical (unpaired) electrons. The van der Waals surface area contributed by atoms with Crippen molar-refractivity contribution < 1.29 is 54.9 Å². The molecule has 0 amide bonds. The van der Waals surface area contributed by atoms with Crippen molar-refractivity contribution in [1.29, 1.82) is 0 Å². The fraction of sp³-hybridized carbons (Fsp3) is 0.0556. The van der Waals surface area contributed by atoms with Crippen molar-refractivity contribution in [2.24, 2.45) is 0 Å². The van der Waals surface area contributed by atoms with Crippen LogP contribution in [-0.2, 0) is 26.5 Å². The minimum Gasteiger partial charge on any atom is -0.505 e. The molecule has 56 heavy (non-hydrogen) atoms. The van der Waals surface area contributed by atoms with E-state index in [0.717, 1.165) is 77.2 Å². The summed E-state index contributed by atoms with van der Waals surface area (Å²) in [5.74, 6) is -5.68. The lowest BCUT2D eigenvalue weighted by Crippen LogP contribution is -2.17. The van der Waals surface area contributed by atoms with Gasteiger partial charge in [0.2, 0.25) is 0 Å². The number of carbonyl (C=O) groups is 2. The maximum atomic E-state index is 14.5. The zero-order valence-corrected chi connectivity index (χ0v) is 32.6. The highest BCUT2D eigenvalue weighted by Gasteiger charge is 2.29. The Labute approximate surface area is 334 Å². The first-order valence-electron chi connectivity index (χ1n) is 15.8. The quantitative estimate of drug-likeness (QED) is 0.0557. The number of phenols is 1. The van der Waals surface area contributed by atoms with Crippen LogP contribution < -0.4 is 18.9 Å². The number of halogens is 4.